The minimum Gasteiger partial charge on any atom is -0.336 e. The van der Waals surface area contributed by atoms with Gasteiger partial charge in [-0.2, -0.15) is 0 Å². The summed E-state index contributed by atoms with van der Waals surface area (Å²) in [6.45, 7) is 2.35. The predicted octanol–water partition coefficient (Wildman–Crippen LogP) is 2.57. The molecule has 0 bridgehead atoms. The standard InChI is InChI=1S/C17H22N4OS.ClH/c1-20-8-7-19-16(20)13-11-18-6-9-21(13)17(22)15-10-12-4-2-3-5-14(12)23-15;/h7-8,10,13,18H,2-6,9,11H2,1H3;1H. The van der Waals surface area contributed by atoms with E-state index in [9.17, 15) is 4.79 Å². The largest absolute Gasteiger partial charge is 0.336 e. The van der Waals surface area contributed by atoms with Gasteiger partial charge in [0.1, 0.15) is 11.9 Å². The number of nitrogens with one attached hydrogen (secondary N) is 1. The van der Waals surface area contributed by atoms with Crippen molar-refractivity contribution in [2.24, 2.45) is 7.05 Å². The van der Waals surface area contributed by atoms with E-state index in [0.717, 1.165) is 43.2 Å². The number of piperazine rings is 1. The third-order valence-electron chi connectivity index (χ3n) is 4.87. The summed E-state index contributed by atoms with van der Waals surface area (Å²) in [5.74, 6) is 1.12. The number of hydrogen-bond acceptors (Lipinski definition) is 4. The van der Waals surface area contributed by atoms with Gasteiger partial charge in [-0.25, -0.2) is 4.98 Å². The molecule has 4 rings (SSSR count). The molecule has 1 N–H and O–H groups in total. The molecule has 1 atom stereocenters. The van der Waals surface area contributed by atoms with E-state index in [0.29, 0.717) is 0 Å². The van der Waals surface area contributed by atoms with Crippen LogP contribution in [0.2, 0.25) is 0 Å². The Bertz CT molecular complexity index is 702. The number of aryl methyl sites for hydroxylation is 3. The van der Waals surface area contributed by atoms with Crippen LogP contribution in [0.15, 0.2) is 18.5 Å². The Hall–Kier alpha value is -1.37. The maximum atomic E-state index is 13.1. The molecule has 0 saturated carbocycles. The van der Waals surface area contributed by atoms with Gasteiger partial charge >= 0.3 is 0 Å². The van der Waals surface area contributed by atoms with Crippen molar-refractivity contribution in [2.75, 3.05) is 19.6 Å². The molecule has 1 amide bonds. The van der Waals surface area contributed by atoms with Crippen LogP contribution >= 0.6 is 23.7 Å². The zero-order valence-corrected chi connectivity index (χ0v) is 15.5. The Morgan fingerprint density at radius 1 is 1.38 bits per heavy atom. The number of nitrogens with zero attached hydrogens (tertiary/aromatic N) is 3. The summed E-state index contributed by atoms with van der Waals surface area (Å²) in [6, 6.07) is 2.15. The first-order valence-electron chi connectivity index (χ1n) is 8.34. The Morgan fingerprint density at radius 2 is 2.21 bits per heavy atom. The van der Waals surface area contributed by atoms with Crippen molar-refractivity contribution in [1.82, 2.24) is 19.8 Å². The fourth-order valence-corrected chi connectivity index (χ4v) is 4.82. The normalized spacial score (nSPS) is 20.4. The summed E-state index contributed by atoms with van der Waals surface area (Å²) in [7, 11) is 1.99. The zero-order valence-electron chi connectivity index (χ0n) is 13.8. The smallest absolute Gasteiger partial charge is 0.264 e. The van der Waals surface area contributed by atoms with E-state index < -0.39 is 0 Å². The van der Waals surface area contributed by atoms with Crippen LogP contribution in [0.4, 0.5) is 0 Å². The molecule has 0 spiro atoms. The highest BCUT2D eigenvalue weighted by atomic mass is 35.5. The molecule has 0 radical (unpaired) electrons. The van der Waals surface area contributed by atoms with Crippen LogP contribution in [-0.4, -0.2) is 40.0 Å². The van der Waals surface area contributed by atoms with Gasteiger partial charge in [0.05, 0.1) is 4.88 Å². The molecule has 2 aromatic heterocycles. The summed E-state index contributed by atoms with van der Waals surface area (Å²) in [6.07, 6.45) is 8.51. The van der Waals surface area contributed by atoms with Crippen molar-refractivity contribution >= 4 is 29.7 Å². The lowest BCUT2D eigenvalue weighted by Crippen LogP contribution is -2.49. The third kappa shape index (κ3) is 3.10. The average molecular weight is 367 g/mol. The lowest BCUT2D eigenvalue weighted by atomic mass is 9.99. The van der Waals surface area contributed by atoms with Crippen molar-refractivity contribution in [3.8, 4) is 0 Å². The average Bonchev–Trinajstić information content (AvgIpc) is 3.20. The Kier molecular flexibility index (Phi) is 5.27. The van der Waals surface area contributed by atoms with E-state index in [1.807, 2.05) is 22.7 Å². The van der Waals surface area contributed by atoms with Crippen molar-refractivity contribution in [1.29, 1.82) is 0 Å². The summed E-state index contributed by atoms with van der Waals surface area (Å²) >= 11 is 1.70. The van der Waals surface area contributed by atoms with Crippen LogP contribution in [0.25, 0.3) is 0 Å². The van der Waals surface area contributed by atoms with Gasteiger partial charge in [0.15, 0.2) is 0 Å². The number of amides is 1. The number of carbonyl (C=O) groups excluding carboxylic acids is 1. The number of aromatic nitrogens is 2. The number of fused-ring (bicyclic) bond motifs is 1. The molecule has 2 aliphatic rings. The van der Waals surface area contributed by atoms with E-state index in [1.165, 1.54) is 23.3 Å². The van der Waals surface area contributed by atoms with Crippen LogP contribution in [-0.2, 0) is 19.9 Å². The number of carbonyl (C=O) groups is 1. The number of rotatable bonds is 2. The van der Waals surface area contributed by atoms with Crippen molar-refractivity contribution in [3.63, 3.8) is 0 Å². The first-order chi connectivity index (χ1) is 11.2. The van der Waals surface area contributed by atoms with E-state index in [4.69, 9.17) is 0 Å². The van der Waals surface area contributed by atoms with Gasteiger partial charge in [-0.1, -0.05) is 0 Å². The number of imidazole rings is 1. The van der Waals surface area contributed by atoms with Gasteiger partial charge in [-0.3, -0.25) is 4.79 Å². The van der Waals surface area contributed by atoms with Crippen LogP contribution in [0.1, 0.15) is 44.8 Å². The molecular formula is C17H23ClN4OS. The third-order valence-corrected chi connectivity index (χ3v) is 6.09. The van der Waals surface area contributed by atoms with Crippen LogP contribution in [0.3, 0.4) is 0 Å². The van der Waals surface area contributed by atoms with Gasteiger partial charge in [0.2, 0.25) is 0 Å². The van der Waals surface area contributed by atoms with E-state index >= 15 is 0 Å². The maximum absolute atomic E-state index is 13.1. The molecule has 3 heterocycles. The lowest BCUT2D eigenvalue weighted by molar-refractivity contribution is 0.0626. The molecule has 1 saturated heterocycles. The zero-order chi connectivity index (χ0) is 15.8. The topological polar surface area (TPSA) is 50.2 Å². The first kappa shape index (κ1) is 17.5. The fourth-order valence-electron chi connectivity index (χ4n) is 3.61. The Labute approximate surface area is 152 Å². The second kappa shape index (κ2) is 7.25. The first-order valence-corrected chi connectivity index (χ1v) is 9.16. The van der Waals surface area contributed by atoms with Crippen molar-refractivity contribution < 1.29 is 4.79 Å². The molecule has 1 aliphatic heterocycles. The molecule has 0 aromatic carbocycles. The van der Waals surface area contributed by atoms with Crippen LogP contribution < -0.4 is 5.32 Å². The fraction of sp³-hybridized carbons (Fsp3) is 0.529. The summed E-state index contributed by atoms with van der Waals surface area (Å²) in [4.78, 5) is 21.9. The molecule has 1 unspecified atom stereocenters. The highest BCUT2D eigenvalue weighted by molar-refractivity contribution is 7.14. The van der Waals surface area contributed by atoms with Crippen molar-refractivity contribution in [2.45, 2.75) is 31.7 Å². The molecule has 1 aliphatic carbocycles. The predicted molar refractivity (Wildman–Crippen MR) is 98.1 cm³/mol. The molecule has 1 fully saturated rings. The van der Waals surface area contributed by atoms with Gasteiger partial charge < -0.3 is 14.8 Å². The summed E-state index contributed by atoms with van der Waals surface area (Å²) in [5.41, 5.74) is 1.40. The minimum atomic E-state index is 0. The molecule has 24 heavy (non-hydrogen) atoms. The quantitative estimate of drug-likeness (QED) is 0.888. The minimum absolute atomic E-state index is 0. The highest BCUT2D eigenvalue weighted by Gasteiger charge is 2.32. The molecule has 2 aromatic rings. The number of hydrogen-bond donors (Lipinski definition) is 1. The number of thiophene rings is 1. The molecule has 130 valence electrons. The van der Waals surface area contributed by atoms with Crippen LogP contribution in [0, 0.1) is 0 Å². The number of halogens is 1. The Morgan fingerprint density at radius 3 is 2.96 bits per heavy atom. The van der Waals surface area contributed by atoms with E-state index in [2.05, 4.69) is 16.4 Å². The van der Waals surface area contributed by atoms with Gasteiger partial charge in [-0.05, 0) is 37.3 Å². The Balaban J connectivity index is 0.00000169. The van der Waals surface area contributed by atoms with Gasteiger partial charge in [0.25, 0.3) is 5.91 Å². The second-order valence-electron chi connectivity index (χ2n) is 6.38. The van der Waals surface area contributed by atoms with Crippen molar-refractivity contribution in [3.05, 3.63) is 39.6 Å². The molecule has 5 nitrogen and oxygen atoms in total. The lowest BCUT2D eigenvalue weighted by Gasteiger charge is -2.35. The monoisotopic (exact) mass is 366 g/mol. The van der Waals surface area contributed by atoms with E-state index in [-0.39, 0.29) is 24.4 Å². The highest BCUT2D eigenvalue weighted by Crippen LogP contribution is 2.32. The van der Waals surface area contributed by atoms with Gasteiger partial charge in [-0.15, -0.1) is 23.7 Å². The summed E-state index contributed by atoms with van der Waals surface area (Å²) in [5, 5.41) is 3.39. The van der Waals surface area contributed by atoms with E-state index in [1.54, 1.807) is 17.5 Å². The SMILES string of the molecule is Cl.Cn1ccnc1C1CNCCN1C(=O)c1cc2c(s1)CCCC2. The molecule has 7 heteroatoms. The second-order valence-corrected chi connectivity index (χ2v) is 7.52. The van der Waals surface area contributed by atoms with Gasteiger partial charge in [0, 0.05) is 44.0 Å². The maximum Gasteiger partial charge on any atom is 0.264 e. The van der Waals surface area contributed by atoms with Crippen LogP contribution in [0.5, 0.6) is 0 Å². The molecular weight excluding hydrogens is 344 g/mol. The summed E-state index contributed by atoms with van der Waals surface area (Å²) < 4.78 is 2.01.